The number of carboxylic acid groups (broad SMARTS) is 1. The SMILES string of the molecule is C[C@@H](O)CCC[C@H](O)/C=C/[C@@H]1[C@@H](C/C=C\CCCC(=O)O)[C@H](Cl)C[C@H]1O. The summed E-state index contributed by atoms with van der Waals surface area (Å²) in [5.41, 5.74) is 0. The standard InChI is InChI=1S/C20H33ClO5/c1-14(22)7-6-8-15(23)11-12-17-16(18(21)13-19(17)24)9-4-2-3-5-10-20(25)26/h2,4,11-12,14-19,22-24H,3,5-10,13H2,1H3,(H,25,26)/b4-2-,12-11+/t14-,15+,16-,17-,18-,19-/m1/s1. The van der Waals surface area contributed by atoms with Crippen LogP contribution in [0, 0.1) is 11.8 Å². The van der Waals surface area contributed by atoms with Crippen molar-refractivity contribution in [3.63, 3.8) is 0 Å². The minimum absolute atomic E-state index is 0.0902. The normalized spacial score (nSPS) is 28.8. The molecule has 0 aromatic carbocycles. The minimum Gasteiger partial charge on any atom is -0.481 e. The van der Waals surface area contributed by atoms with E-state index >= 15 is 0 Å². The average Bonchev–Trinajstić information content (AvgIpc) is 2.81. The average molecular weight is 389 g/mol. The summed E-state index contributed by atoms with van der Waals surface area (Å²) in [7, 11) is 0. The van der Waals surface area contributed by atoms with E-state index in [2.05, 4.69) is 0 Å². The summed E-state index contributed by atoms with van der Waals surface area (Å²) in [5, 5.41) is 38.0. The molecule has 6 heteroatoms. The van der Waals surface area contributed by atoms with Gasteiger partial charge in [-0.1, -0.05) is 24.3 Å². The van der Waals surface area contributed by atoms with Crippen molar-refractivity contribution in [2.75, 3.05) is 0 Å². The topological polar surface area (TPSA) is 98.0 Å². The van der Waals surface area contributed by atoms with Crippen LogP contribution in [-0.2, 0) is 4.79 Å². The molecule has 1 rings (SSSR count). The molecule has 0 saturated heterocycles. The van der Waals surface area contributed by atoms with Gasteiger partial charge in [0.05, 0.1) is 18.3 Å². The summed E-state index contributed by atoms with van der Waals surface area (Å²) in [4.78, 5) is 10.5. The molecule has 1 fully saturated rings. The van der Waals surface area contributed by atoms with Gasteiger partial charge in [0.1, 0.15) is 0 Å². The van der Waals surface area contributed by atoms with Crippen LogP contribution in [0.2, 0.25) is 0 Å². The van der Waals surface area contributed by atoms with Crippen LogP contribution in [0.1, 0.15) is 58.3 Å². The van der Waals surface area contributed by atoms with Crippen molar-refractivity contribution in [2.45, 2.75) is 82.0 Å². The maximum atomic E-state index is 10.5. The van der Waals surface area contributed by atoms with Gasteiger partial charge in [-0.05, 0) is 57.8 Å². The van der Waals surface area contributed by atoms with Crippen molar-refractivity contribution in [1.82, 2.24) is 0 Å². The van der Waals surface area contributed by atoms with Crippen LogP contribution in [0.5, 0.6) is 0 Å². The van der Waals surface area contributed by atoms with Gasteiger partial charge in [-0.3, -0.25) is 4.79 Å². The van der Waals surface area contributed by atoms with Gasteiger partial charge >= 0.3 is 5.97 Å². The lowest BCUT2D eigenvalue weighted by molar-refractivity contribution is -0.137. The number of alkyl halides is 1. The van der Waals surface area contributed by atoms with Gasteiger partial charge in [0.2, 0.25) is 0 Å². The number of aliphatic hydroxyl groups excluding tert-OH is 3. The predicted molar refractivity (Wildman–Crippen MR) is 103 cm³/mol. The third-order valence-electron chi connectivity index (χ3n) is 4.88. The molecule has 1 aliphatic carbocycles. The van der Waals surface area contributed by atoms with E-state index in [-0.39, 0.29) is 29.7 Å². The lowest BCUT2D eigenvalue weighted by atomic mass is 9.90. The molecule has 26 heavy (non-hydrogen) atoms. The smallest absolute Gasteiger partial charge is 0.303 e. The summed E-state index contributed by atoms with van der Waals surface area (Å²) in [5.74, 6) is -0.772. The summed E-state index contributed by atoms with van der Waals surface area (Å²) in [6, 6.07) is 0. The molecule has 0 unspecified atom stereocenters. The molecule has 1 saturated carbocycles. The van der Waals surface area contributed by atoms with E-state index in [4.69, 9.17) is 16.7 Å². The van der Waals surface area contributed by atoms with Gasteiger partial charge in [0.25, 0.3) is 0 Å². The highest BCUT2D eigenvalue weighted by molar-refractivity contribution is 6.21. The molecule has 0 bridgehead atoms. The van der Waals surface area contributed by atoms with Crippen LogP contribution in [0.4, 0.5) is 0 Å². The molecule has 0 aromatic heterocycles. The first-order valence-electron chi connectivity index (χ1n) is 9.54. The van der Waals surface area contributed by atoms with E-state index in [0.717, 1.165) is 19.3 Å². The second-order valence-electron chi connectivity index (χ2n) is 7.29. The lowest BCUT2D eigenvalue weighted by Gasteiger charge is -2.19. The Morgan fingerprint density at radius 2 is 1.96 bits per heavy atom. The van der Waals surface area contributed by atoms with E-state index in [1.807, 2.05) is 18.2 Å². The number of halogens is 1. The summed E-state index contributed by atoms with van der Waals surface area (Å²) in [6.07, 6.45) is 10.9. The van der Waals surface area contributed by atoms with Gasteiger partial charge in [-0.25, -0.2) is 0 Å². The molecule has 0 aliphatic heterocycles. The summed E-state index contributed by atoms with van der Waals surface area (Å²) in [6.45, 7) is 1.73. The van der Waals surface area contributed by atoms with E-state index in [9.17, 15) is 20.1 Å². The zero-order chi connectivity index (χ0) is 19.5. The Balaban J connectivity index is 2.46. The molecular formula is C20H33ClO5. The third kappa shape index (κ3) is 9.17. The van der Waals surface area contributed by atoms with Crippen LogP contribution >= 0.6 is 11.6 Å². The number of unbranched alkanes of at least 4 members (excludes halogenated alkanes) is 1. The molecule has 150 valence electrons. The first-order chi connectivity index (χ1) is 12.3. The van der Waals surface area contributed by atoms with Crippen molar-refractivity contribution in [3.8, 4) is 0 Å². The number of carboxylic acids is 1. The fourth-order valence-electron chi connectivity index (χ4n) is 3.38. The molecule has 0 amide bonds. The Morgan fingerprint density at radius 1 is 1.23 bits per heavy atom. The highest BCUT2D eigenvalue weighted by Gasteiger charge is 2.39. The molecule has 0 aromatic rings. The zero-order valence-corrected chi connectivity index (χ0v) is 16.3. The molecule has 0 heterocycles. The highest BCUT2D eigenvalue weighted by atomic mass is 35.5. The number of carbonyl (C=O) groups is 1. The molecule has 1 aliphatic rings. The van der Waals surface area contributed by atoms with Crippen molar-refractivity contribution < 1.29 is 25.2 Å². The number of hydrogen-bond donors (Lipinski definition) is 4. The molecule has 0 radical (unpaired) electrons. The number of rotatable bonds is 12. The van der Waals surface area contributed by atoms with Gasteiger partial charge in [0, 0.05) is 17.7 Å². The van der Waals surface area contributed by atoms with Crippen molar-refractivity contribution in [1.29, 1.82) is 0 Å². The van der Waals surface area contributed by atoms with Crippen LogP contribution in [0.15, 0.2) is 24.3 Å². The zero-order valence-electron chi connectivity index (χ0n) is 15.5. The van der Waals surface area contributed by atoms with Gasteiger partial charge in [-0.2, -0.15) is 0 Å². The number of hydrogen-bond acceptors (Lipinski definition) is 4. The van der Waals surface area contributed by atoms with E-state index in [1.54, 1.807) is 13.0 Å². The number of aliphatic hydroxyl groups is 3. The fraction of sp³-hybridized carbons (Fsp3) is 0.750. The number of aliphatic carboxylic acids is 1. The molecule has 4 N–H and O–H groups in total. The highest BCUT2D eigenvalue weighted by Crippen LogP contribution is 2.39. The molecule has 6 atom stereocenters. The van der Waals surface area contributed by atoms with E-state index < -0.39 is 18.2 Å². The minimum atomic E-state index is -0.782. The Labute approximate surface area is 161 Å². The van der Waals surface area contributed by atoms with Crippen molar-refractivity contribution in [2.24, 2.45) is 11.8 Å². The van der Waals surface area contributed by atoms with Crippen molar-refractivity contribution >= 4 is 17.6 Å². The van der Waals surface area contributed by atoms with Crippen LogP contribution in [-0.4, -0.2) is 50.1 Å². The Morgan fingerprint density at radius 3 is 2.62 bits per heavy atom. The van der Waals surface area contributed by atoms with Crippen LogP contribution < -0.4 is 0 Å². The first kappa shape index (κ1) is 23.2. The summed E-state index contributed by atoms with van der Waals surface area (Å²) >= 11 is 6.39. The van der Waals surface area contributed by atoms with Crippen LogP contribution in [0.25, 0.3) is 0 Å². The van der Waals surface area contributed by atoms with Gasteiger partial charge < -0.3 is 20.4 Å². The monoisotopic (exact) mass is 388 g/mol. The van der Waals surface area contributed by atoms with Crippen LogP contribution in [0.3, 0.4) is 0 Å². The van der Waals surface area contributed by atoms with Gasteiger partial charge in [0.15, 0.2) is 0 Å². The molecule has 5 nitrogen and oxygen atoms in total. The summed E-state index contributed by atoms with van der Waals surface area (Å²) < 4.78 is 0. The predicted octanol–water partition coefficient (Wildman–Crippen LogP) is 3.26. The lowest BCUT2D eigenvalue weighted by Crippen LogP contribution is -2.19. The van der Waals surface area contributed by atoms with E-state index in [0.29, 0.717) is 25.7 Å². The second-order valence-corrected chi connectivity index (χ2v) is 7.85. The van der Waals surface area contributed by atoms with Gasteiger partial charge in [-0.15, -0.1) is 11.6 Å². The van der Waals surface area contributed by atoms with E-state index in [1.165, 1.54) is 0 Å². The Hall–Kier alpha value is -0.880. The number of allylic oxidation sites excluding steroid dienone is 2. The fourth-order valence-corrected chi connectivity index (χ4v) is 3.84. The maximum absolute atomic E-state index is 10.5. The Kier molecular flexibility index (Phi) is 11.1. The maximum Gasteiger partial charge on any atom is 0.303 e. The third-order valence-corrected chi connectivity index (χ3v) is 5.39. The van der Waals surface area contributed by atoms with Crippen molar-refractivity contribution in [3.05, 3.63) is 24.3 Å². The second kappa shape index (κ2) is 12.5. The first-order valence-corrected chi connectivity index (χ1v) is 9.98. The Bertz CT molecular complexity index is 463. The molecular weight excluding hydrogens is 356 g/mol. The quantitative estimate of drug-likeness (QED) is 0.234. The molecule has 0 spiro atoms. The largest absolute Gasteiger partial charge is 0.481 e.